The molecule has 2 rings (SSSR count). The number of amides is 2. The molecule has 0 bridgehead atoms. The molecule has 3 N–H and O–H groups in total. The lowest BCUT2D eigenvalue weighted by atomic mass is 10.1. The molecule has 5 nitrogen and oxygen atoms in total. The molecule has 0 saturated heterocycles. The number of ether oxygens (including phenoxy) is 1. The molecule has 0 fully saturated rings. The van der Waals surface area contributed by atoms with Crippen LogP contribution in [0.5, 0.6) is 5.75 Å². The molecule has 0 aliphatic heterocycles. The zero-order valence-corrected chi connectivity index (χ0v) is 13.0. The first-order chi connectivity index (χ1) is 11.0. The summed E-state index contributed by atoms with van der Waals surface area (Å²) in [5.41, 5.74) is 1.58. The minimum Gasteiger partial charge on any atom is -0.497 e. The van der Waals surface area contributed by atoms with Crippen LogP contribution in [-0.2, 0) is 0 Å². The van der Waals surface area contributed by atoms with E-state index < -0.39 is 18.0 Å². The van der Waals surface area contributed by atoms with Crippen LogP contribution in [0.2, 0.25) is 0 Å². The third-order valence-electron chi connectivity index (χ3n) is 3.33. The molecule has 6 heteroatoms. The van der Waals surface area contributed by atoms with Crippen LogP contribution in [0.25, 0.3) is 0 Å². The smallest absolute Gasteiger partial charge is 0.319 e. The van der Waals surface area contributed by atoms with Crippen molar-refractivity contribution in [2.75, 3.05) is 19.0 Å². The fraction of sp³-hybridized carbons (Fsp3) is 0.235. The Bertz CT molecular complexity index is 674. The van der Waals surface area contributed by atoms with E-state index in [0.717, 1.165) is 5.56 Å². The van der Waals surface area contributed by atoms with E-state index in [0.29, 0.717) is 11.3 Å². The molecule has 23 heavy (non-hydrogen) atoms. The second-order valence-electron chi connectivity index (χ2n) is 5.11. The molecule has 0 aromatic heterocycles. The largest absolute Gasteiger partial charge is 0.497 e. The number of rotatable bonds is 5. The van der Waals surface area contributed by atoms with Crippen molar-refractivity contribution in [3.05, 3.63) is 59.4 Å². The summed E-state index contributed by atoms with van der Waals surface area (Å²) in [6, 6.07) is 10.7. The summed E-state index contributed by atoms with van der Waals surface area (Å²) < 4.78 is 18.6. The molecule has 2 aromatic carbocycles. The fourth-order valence-electron chi connectivity index (χ4n) is 2.03. The van der Waals surface area contributed by atoms with Crippen molar-refractivity contribution in [2.45, 2.75) is 13.0 Å². The lowest BCUT2D eigenvalue weighted by molar-refractivity contribution is 0.175. The first-order valence-corrected chi connectivity index (χ1v) is 7.12. The molecule has 0 aliphatic carbocycles. The number of hydrogen-bond acceptors (Lipinski definition) is 3. The van der Waals surface area contributed by atoms with Gasteiger partial charge in [-0.15, -0.1) is 0 Å². The molecule has 0 saturated carbocycles. The molecule has 2 aromatic rings. The van der Waals surface area contributed by atoms with Gasteiger partial charge in [-0.2, -0.15) is 0 Å². The highest BCUT2D eigenvalue weighted by atomic mass is 19.1. The van der Waals surface area contributed by atoms with E-state index in [1.165, 1.54) is 12.1 Å². The lowest BCUT2D eigenvalue weighted by Gasteiger charge is -2.14. The van der Waals surface area contributed by atoms with Gasteiger partial charge in [0.15, 0.2) is 0 Å². The Morgan fingerprint density at radius 2 is 1.96 bits per heavy atom. The second-order valence-corrected chi connectivity index (χ2v) is 5.11. The highest BCUT2D eigenvalue weighted by molar-refractivity contribution is 5.89. The molecule has 0 radical (unpaired) electrons. The Balaban J connectivity index is 1.89. The number of urea groups is 1. The van der Waals surface area contributed by atoms with Crippen molar-refractivity contribution in [2.24, 2.45) is 0 Å². The number of methoxy groups -OCH3 is 1. The fourth-order valence-corrected chi connectivity index (χ4v) is 2.03. The number of benzene rings is 2. The third kappa shape index (κ3) is 4.69. The van der Waals surface area contributed by atoms with Gasteiger partial charge in [0.25, 0.3) is 0 Å². The molecular weight excluding hydrogens is 299 g/mol. The van der Waals surface area contributed by atoms with Crippen LogP contribution >= 0.6 is 0 Å². The van der Waals surface area contributed by atoms with Crippen molar-refractivity contribution < 1.29 is 19.0 Å². The molecular formula is C17H19FN2O3. The highest BCUT2D eigenvalue weighted by Crippen LogP contribution is 2.18. The van der Waals surface area contributed by atoms with Gasteiger partial charge in [-0.25, -0.2) is 9.18 Å². The first-order valence-electron chi connectivity index (χ1n) is 7.12. The van der Waals surface area contributed by atoms with Gasteiger partial charge >= 0.3 is 6.03 Å². The molecule has 1 atom stereocenters. The normalized spacial score (nSPS) is 11.7. The van der Waals surface area contributed by atoms with Crippen LogP contribution in [0.15, 0.2) is 42.5 Å². The van der Waals surface area contributed by atoms with Gasteiger partial charge in [0.1, 0.15) is 11.6 Å². The number of hydrogen-bond donors (Lipinski definition) is 3. The highest BCUT2D eigenvalue weighted by Gasteiger charge is 2.11. The Morgan fingerprint density at radius 3 is 2.61 bits per heavy atom. The SMILES string of the molecule is COc1ccc(C(O)CNC(=O)Nc2cc(C)ccc2F)cc1. The van der Waals surface area contributed by atoms with Crippen molar-refractivity contribution in [3.63, 3.8) is 0 Å². The predicted molar refractivity (Wildman–Crippen MR) is 86.1 cm³/mol. The number of nitrogens with one attached hydrogen (secondary N) is 2. The topological polar surface area (TPSA) is 70.6 Å². The zero-order chi connectivity index (χ0) is 16.8. The predicted octanol–water partition coefficient (Wildman–Crippen LogP) is 3.00. The van der Waals surface area contributed by atoms with Crippen molar-refractivity contribution in [1.29, 1.82) is 0 Å². The van der Waals surface area contributed by atoms with Crippen LogP contribution in [0.1, 0.15) is 17.2 Å². The number of anilines is 1. The summed E-state index contributed by atoms with van der Waals surface area (Å²) in [5, 5.41) is 15.0. The first kappa shape index (κ1) is 16.8. The number of carbonyl (C=O) groups is 1. The molecule has 2 amide bonds. The second kappa shape index (κ2) is 7.60. The Labute approximate surface area is 134 Å². The minimum atomic E-state index is -0.867. The third-order valence-corrected chi connectivity index (χ3v) is 3.33. The van der Waals surface area contributed by atoms with Gasteiger partial charge in [-0.05, 0) is 42.3 Å². The van der Waals surface area contributed by atoms with Gasteiger partial charge in [0.2, 0.25) is 0 Å². The van der Waals surface area contributed by atoms with E-state index >= 15 is 0 Å². The van der Waals surface area contributed by atoms with E-state index in [9.17, 15) is 14.3 Å². The molecule has 0 heterocycles. The minimum absolute atomic E-state index is 0.00555. The van der Waals surface area contributed by atoms with E-state index in [1.807, 2.05) is 0 Å². The monoisotopic (exact) mass is 318 g/mol. The standard InChI is InChI=1S/C17H19FN2O3/c1-11-3-8-14(18)15(9-11)20-17(22)19-10-16(21)12-4-6-13(23-2)7-5-12/h3-9,16,21H,10H2,1-2H3,(H2,19,20,22). The van der Waals surface area contributed by atoms with Gasteiger partial charge < -0.3 is 20.5 Å². The summed E-state index contributed by atoms with van der Waals surface area (Å²) in [6.07, 6.45) is -0.867. The average Bonchev–Trinajstić information content (AvgIpc) is 2.56. The maximum Gasteiger partial charge on any atom is 0.319 e. The number of halogens is 1. The van der Waals surface area contributed by atoms with Crippen molar-refractivity contribution in [1.82, 2.24) is 5.32 Å². The van der Waals surface area contributed by atoms with E-state index in [2.05, 4.69) is 10.6 Å². The van der Waals surface area contributed by atoms with Crippen LogP contribution in [0.4, 0.5) is 14.9 Å². The summed E-state index contributed by atoms with van der Waals surface area (Å²) in [7, 11) is 1.56. The molecule has 0 spiro atoms. The quantitative estimate of drug-likeness (QED) is 0.793. The van der Waals surface area contributed by atoms with Gasteiger partial charge in [-0.3, -0.25) is 0 Å². The number of carbonyl (C=O) groups excluding carboxylic acids is 1. The summed E-state index contributed by atoms with van der Waals surface area (Å²) in [6.45, 7) is 1.81. The molecule has 0 aliphatic rings. The van der Waals surface area contributed by atoms with Crippen molar-refractivity contribution in [3.8, 4) is 5.75 Å². The van der Waals surface area contributed by atoms with Gasteiger partial charge in [-0.1, -0.05) is 18.2 Å². The van der Waals surface area contributed by atoms with Gasteiger partial charge in [0, 0.05) is 6.54 Å². The van der Waals surface area contributed by atoms with Crippen molar-refractivity contribution >= 4 is 11.7 Å². The van der Waals surface area contributed by atoms with Crippen LogP contribution in [-0.4, -0.2) is 24.8 Å². The Hall–Kier alpha value is -2.60. The molecule has 122 valence electrons. The zero-order valence-electron chi connectivity index (χ0n) is 13.0. The summed E-state index contributed by atoms with van der Waals surface area (Å²) >= 11 is 0. The lowest BCUT2D eigenvalue weighted by Crippen LogP contribution is -2.32. The Kier molecular flexibility index (Phi) is 5.54. The van der Waals surface area contributed by atoms with E-state index in [-0.39, 0.29) is 12.2 Å². The number of aliphatic hydroxyl groups excluding tert-OH is 1. The van der Waals surface area contributed by atoms with Crippen LogP contribution < -0.4 is 15.4 Å². The maximum atomic E-state index is 13.6. The number of aliphatic hydroxyl groups is 1. The maximum absolute atomic E-state index is 13.6. The van der Waals surface area contributed by atoms with Crippen LogP contribution in [0, 0.1) is 12.7 Å². The number of aryl methyl sites for hydroxylation is 1. The molecule has 1 unspecified atom stereocenters. The summed E-state index contributed by atoms with van der Waals surface area (Å²) in [4.78, 5) is 11.8. The van der Waals surface area contributed by atoms with E-state index in [4.69, 9.17) is 4.74 Å². The van der Waals surface area contributed by atoms with Crippen LogP contribution in [0.3, 0.4) is 0 Å². The average molecular weight is 318 g/mol. The van der Waals surface area contributed by atoms with E-state index in [1.54, 1.807) is 44.4 Å². The Morgan fingerprint density at radius 1 is 1.26 bits per heavy atom. The summed E-state index contributed by atoms with van der Waals surface area (Å²) in [5.74, 6) is 0.169. The van der Waals surface area contributed by atoms with Gasteiger partial charge in [0.05, 0.1) is 18.9 Å².